The van der Waals surface area contributed by atoms with Crippen molar-refractivity contribution in [2.45, 2.75) is 13.3 Å². The second-order valence-corrected chi connectivity index (χ2v) is 5.21. The number of nitrogens with one attached hydrogen (secondary N) is 2. The Morgan fingerprint density at radius 3 is 2.76 bits per heavy atom. The lowest BCUT2D eigenvalue weighted by Gasteiger charge is -2.07. The normalized spacial score (nSPS) is 10.2. The van der Waals surface area contributed by atoms with Gasteiger partial charge in [0.05, 0.1) is 18.1 Å². The topological polar surface area (TPSA) is 66.9 Å². The lowest BCUT2D eigenvalue weighted by atomic mass is 10.3. The van der Waals surface area contributed by atoms with E-state index < -0.39 is 11.7 Å². The Balaban J connectivity index is 2.06. The highest BCUT2D eigenvalue weighted by Gasteiger charge is 2.11. The summed E-state index contributed by atoms with van der Waals surface area (Å²) in [5.41, 5.74) is 0.220. The van der Waals surface area contributed by atoms with E-state index >= 15 is 0 Å². The summed E-state index contributed by atoms with van der Waals surface area (Å²) >= 11 is 3.15. The van der Waals surface area contributed by atoms with Crippen LogP contribution in [-0.2, 0) is 0 Å². The van der Waals surface area contributed by atoms with Crippen molar-refractivity contribution in [1.29, 1.82) is 0 Å². The number of carbonyl (C=O) groups is 1. The molecule has 0 spiro atoms. The van der Waals surface area contributed by atoms with Crippen LogP contribution < -0.4 is 10.6 Å². The zero-order valence-electron chi connectivity index (χ0n) is 11.4. The van der Waals surface area contributed by atoms with Gasteiger partial charge >= 0.3 is 0 Å². The number of hydrogen-bond donors (Lipinski definition) is 2. The molecule has 0 saturated carbocycles. The van der Waals surface area contributed by atoms with E-state index in [4.69, 9.17) is 0 Å². The largest absolute Gasteiger partial charge is 0.369 e. The van der Waals surface area contributed by atoms with Gasteiger partial charge in [-0.05, 0) is 24.6 Å². The van der Waals surface area contributed by atoms with Gasteiger partial charge in [0.15, 0.2) is 0 Å². The molecule has 2 N–H and O–H groups in total. The molecule has 21 heavy (non-hydrogen) atoms. The third-order valence-electron chi connectivity index (χ3n) is 2.62. The van der Waals surface area contributed by atoms with Gasteiger partial charge in [-0.1, -0.05) is 22.9 Å². The molecule has 0 aliphatic heterocycles. The van der Waals surface area contributed by atoms with E-state index in [1.807, 2.05) is 6.92 Å². The minimum absolute atomic E-state index is 0.0955. The Labute approximate surface area is 130 Å². The van der Waals surface area contributed by atoms with E-state index in [1.165, 1.54) is 24.5 Å². The van der Waals surface area contributed by atoms with Gasteiger partial charge in [0.1, 0.15) is 17.3 Å². The Morgan fingerprint density at radius 2 is 2.14 bits per heavy atom. The van der Waals surface area contributed by atoms with Gasteiger partial charge in [0, 0.05) is 11.0 Å². The lowest BCUT2D eigenvalue weighted by molar-refractivity contribution is 0.102. The zero-order valence-corrected chi connectivity index (χ0v) is 12.9. The SMILES string of the molecule is CCCNc1cnc(C(=O)Nc2ccc(Br)cc2F)cn1. The maximum atomic E-state index is 13.6. The molecule has 0 bridgehead atoms. The zero-order chi connectivity index (χ0) is 15.2. The minimum atomic E-state index is -0.521. The lowest BCUT2D eigenvalue weighted by Crippen LogP contribution is -2.15. The van der Waals surface area contributed by atoms with E-state index in [0.717, 1.165) is 13.0 Å². The number of halogens is 2. The summed E-state index contributed by atoms with van der Waals surface area (Å²) in [6.07, 6.45) is 3.79. The van der Waals surface area contributed by atoms with Crippen LogP contribution in [0.2, 0.25) is 0 Å². The number of carbonyl (C=O) groups excluding carboxylic acids is 1. The standard InChI is InChI=1S/C14H14BrFN4O/c1-2-5-17-13-8-18-12(7-19-13)14(21)20-11-4-3-9(15)6-10(11)16/h3-4,6-8H,2,5H2,1H3,(H,17,19)(H,20,21). The van der Waals surface area contributed by atoms with Crippen molar-refractivity contribution in [3.63, 3.8) is 0 Å². The van der Waals surface area contributed by atoms with Crippen molar-refractivity contribution >= 4 is 33.3 Å². The fourth-order valence-corrected chi connectivity index (χ4v) is 1.90. The van der Waals surface area contributed by atoms with Crippen LogP contribution in [0.3, 0.4) is 0 Å². The third-order valence-corrected chi connectivity index (χ3v) is 3.11. The smallest absolute Gasteiger partial charge is 0.275 e. The highest BCUT2D eigenvalue weighted by molar-refractivity contribution is 9.10. The van der Waals surface area contributed by atoms with E-state index in [0.29, 0.717) is 10.3 Å². The van der Waals surface area contributed by atoms with Gasteiger partial charge in [-0.2, -0.15) is 0 Å². The summed E-state index contributed by atoms with van der Waals surface area (Å²) in [6.45, 7) is 2.82. The van der Waals surface area contributed by atoms with Crippen molar-refractivity contribution in [3.8, 4) is 0 Å². The molecule has 1 aromatic heterocycles. The highest BCUT2D eigenvalue weighted by atomic mass is 79.9. The van der Waals surface area contributed by atoms with Gasteiger partial charge in [0.25, 0.3) is 5.91 Å². The molecule has 0 fully saturated rings. The van der Waals surface area contributed by atoms with Gasteiger partial charge in [-0.25, -0.2) is 14.4 Å². The summed E-state index contributed by atoms with van der Waals surface area (Å²) in [5, 5.41) is 5.51. The minimum Gasteiger partial charge on any atom is -0.369 e. The van der Waals surface area contributed by atoms with Crippen LogP contribution in [0.5, 0.6) is 0 Å². The molecule has 0 aliphatic carbocycles. The number of anilines is 2. The predicted molar refractivity (Wildman–Crippen MR) is 82.9 cm³/mol. The monoisotopic (exact) mass is 352 g/mol. The van der Waals surface area contributed by atoms with Crippen LogP contribution in [0.25, 0.3) is 0 Å². The summed E-state index contributed by atoms with van der Waals surface area (Å²) in [7, 11) is 0. The molecule has 0 saturated heterocycles. The Hall–Kier alpha value is -2.02. The molecule has 1 heterocycles. The predicted octanol–water partition coefficient (Wildman–Crippen LogP) is 3.45. The Bertz CT molecular complexity index is 633. The molecule has 0 unspecified atom stereocenters. The third kappa shape index (κ3) is 4.22. The number of nitrogens with zero attached hydrogens (tertiary/aromatic N) is 2. The summed E-state index contributed by atoms with van der Waals surface area (Å²) in [6, 6.07) is 4.39. The first-order valence-corrected chi connectivity index (χ1v) is 7.21. The molecule has 0 atom stereocenters. The van der Waals surface area contributed by atoms with Crippen LogP contribution >= 0.6 is 15.9 Å². The van der Waals surface area contributed by atoms with E-state index in [1.54, 1.807) is 6.07 Å². The van der Waals surface area contributed by atoms with Gasteiger partial charge in [0.2, 0.25) is 0 Å². The average Bonchev–Trinajstić information content (AvgIpc) is 2.48. The first kappa shape index (κ1) is 15.4. The van der Waals surface area contributed by atoms with Crippen molar-refractivity contribution in [2.24, 2.45) is 0 Å². The molecular weight excluding hydrogens is 339 g/mol. The average molecular weight is 353 g/mol. The molecule has 7 heteroatoms. The number of hydrogen-bond acceptors (Lipinski definition) is 4. The molecule has 5 nitrogen and oxygen atoms in total. The fraction of sp³-hybridized carbons (Fsp3) is 0.214. The molecule has 2 aromatic rings. The van der Waals surface area contributed by atoms with Crippen LogP contribution in [0.1, 0.15) is 23.8 Å². The molecule has 110 valence electrons. The number of aromatic nitrogens is 2. The quantitative estimate of drug-likeness (QED) is 0.864. The molecule has 0 aliphatic rings. The molecular formula is C14H14BrFN4O. The number of amides is 1. The van der Waals surface area contributed by atoms with Crippen LogP contribution in [-0.4, -0.2) is 22.4 Å². The highest BCUT2D eigenvalue weighted by Crippen LogP contribution is 2.19. The first-order chi connectivity index (χ1) is 10.1. The van der Waals surface area contributed by atoms with Gasteiger partial charge < -0.3 is 10.6 Å². The van der Waals surface area contributed by atoms with Gasteiger partial charge in [-0.15, -0.1) is 0 Å². The van der Waals surface area contributed by atoms with Crippen molar-refractivity contribution in [3.05, 3.63) is 46.6 Å². The molecule has 1 amide bonds. The first-order valence-electron chi connectivity index (χ1n) is 6.42. The Morgan fingerprint density at radius 1 is 1.33 bits per heavy atom. The van der Waals surface area contributed by atoms with Crippen LogP contribution in [0.15, 0.2) is 35.1 Å². The molecule has 1 aromatic carbocycles. The van der Waals surface area contributed by atoms with E-state index in [9.17, 15) is 9.18 Å². The van der Waals surface area contributed by atoms with Crippen molar-refractivity contribution in [2.75, 3.05) is 17.2 Å². The summed E-state index contributed by atoms with van der Waals surface area (Å²) < 4.78 is 14.2. The summed E-state index contributed by atoms with van der Waals surface area (Å²) in [5.74, 6) is -0.430. The van der Waals surface area contributed by atoms with E-state index in [-0.39, 0.29) is 11.4 Å². The maximum Gasteiger partial charge on any atom is 0.275 e. The molecule has 2 rings (SSSR count). The number of benzene rings is 1. The maximum absolute atomic E-state index is 13.6. The van der Waals surface area contributed by atoms with Crippen LogP contribution in [0.4, 0.5) is 15.9 Å². The van der Waals surface area contributed by atoms with Crippen molar-refractivity contribution in [1.82, 2.24) is 9.97 Å². The fourth-order valence-electron chi connectivity index (χ4n) is 1.57. The molecule has 0 radical (unpaired) electrons. The van der Waals surface area contributed by atoms with Crippen molar-refractivity contribution < 1.29 is 9.18 Å². The van der Waals surface area contributed by atoms with E-state index in [2.05, 4.69) is 36.5 Å². The van der Waals surface area contributed by atoms with Gasteiger partial charge in [-0.3, -0.25) is 4.79 Å². The Kier molecular flexibility index (Phi) is 5.21. The second kappa shape index (κ2) is 7.12. The summed E-state index contributed by atoms with van der Waals surface area (Å²) in [4.78, 5) is 20.1. The second-order valence-electron chi connectivity index (χ2n) is 4.29. The number of rotatable bonds is 5. The van der Waals surface area contributed by atoms with Crippen LogP contribution in [0, 0.1) is 5.82 Å².